The Morgan fingerprint density at radius 2 is 1.62 bits per heavy atom. The zero-order chi connectivity index (χ0) is 27.6. The second-order valence-electron chi connectivity index (χ2n) is 7.84. The highest BCUT2D eigenvalue weighted by Gasteiger charge is 2.25. The van der Waals surface area contributed by atoms with Gasteiger partial charge in [-0.05, 0) is 59.8 Å². The summed E-state index contributed by atoms with van der Waals surface area (Å²) in [6.45, 7) is -0.223. The number of hydrogen-bond acceptors (Lipinski definition) is 9. The first kappa shape index (κ1) is 27.1. The normalized spacial score (nSPS) is 14.9. The molecule has 0 spiro atoms. The number of amidine groups is 1. The summed E-state index contributed by atoms with van der Waals surface area (Å²) in [6, 6.07) is 23.7. The van der Waals surface area contributed by atoms with Gasteiger partial charge < -0.3 is 14.2 Å². The van der Waals surface area contributed by atoms with Crippen molar-refractivity contribution in [3.63, 3.8) is 0 Å². The molecule has 198 valence electrons. The molecule has 1 saturated heterocycles. The highest BCUT2D eigenvalue weighted by molar-refractivity contribution is 8.18. The minimum Gasteiger partial charge on any atom is -0.493 e. The first-order chi connectivity index (χ1) is 19.0. The van der Waals surface area contributed by atoms with Crippen LogP contribution < -0.4 is 19.7 Å². The Morgan fingerprint density at radius 1 is 0.949 bits per heavy atom. The van der Waals surface area contributed by atoms with E-state index in [1.807, 2.05) is 60.7 Å². The van der Waals surface area contributed by atoms with E-state index in [0.29, 0.717) is 17.1 Å². The number of nitrogens with zero attached hydrogens (tertiary/aromatic N) is 3. The minimum atomic E-state index is -0.638. The van der Waals surface area contributed by atoms with Crippen molar-refractivity contribution >= 4 is 52.3 Å². The summed E-state index contributed by atoms with van der Waals surface area (Å²) in [5.41, 5.74) is 2.09. The number of esters is 1. The highest BCUT2D eigenvalue weighted by atomic mass is 32.2. The third-order valence-electron chi connectivity index (χ3n) is 5.27. The Morgan fingerprint density at radius 3 is 2.23 bits per heavy atom. The maximum atomic E-state index is 13.2. The number of thioether (sulfide) groups is 1. The first-order valence-electron chi connectivity index (χ1n) is 11.6. The fraction of sp³-hybridized carbons (Fsp3) is 0.107. The summed E-state index contributed by atoms with van der Waals surface area (Å²) in [7, 11) is 2.72. The van der Waals surface area contributed by atoms with Crippen molar-refractivity contribution in [2.75, 3.05) is 25.7 Å². The third kappa shape index (κ3) is 7.11. The highest BCUT2D eigenvalue weighted by Crippen LogP contribution is 2.29. The van der Waals surface area contributed by atoms with Gasteiger partial charge in [-0.1, -0.05) is 36.4 Å². The molecule has 0 aromatic heterocycles. The van der Waals surface area contributed by atoms with Crippen molar-refractivity contribution in [1.82, 2.24) is 5.32 Å². The van der Waals surface area contributed by atoms with Crippen molar-refractivity contribution in [1.29, 1.82) is 0 Å². The average molecular weight is 545 g/mol. The molecule has 0 aliphatic carbocycles. The number of anilines is 2. The number of carbonyl (C=O) groups excluding carboxylic acids is 3. The third-order valence-corrected chi connectivity index (χ3v) is 6.17. The molecule has 4 rings (SSSR count). The van der Waals surface area contributed by atoms with Crippen molar-refractivity contribution in [2.24, 2.45) is 10.2 Å². The molecular formula is C28H24N4O6S. The van der Waals surface area contributed by atoms with Crippen LogP contribution in [0.2, 0.25) is 0 Å². The number of para-hydroxylation sites is 2. The van der Waals surface area contributed by atoms with Crippen LogP contribution in [-0.2, 0) is 19.1 Å². The smallest absolute Gasteiger partial charge is 0.331 e. The molecule has 1 aliphatic rings. The molecule has 11 heteroatoms. The van der Waals surface area contributed by atoms with E-state index in [-0.39, 0.29) is 22.6 Å². The predicted octanol–water partition coefficient (Wildman–Crippen LogP) is 4.05. The van der Waals surface area contributed by atoms with Crippen molar-refractivity contribution in [2.45, 2.75) is 0 Å². The Balaban J connectivity index is 1.43. The monoisotopic (exact) mass is 544 g/mol. The van der Waals surface area contributed by atoms with Crippen LogP contribution in [0.5, 0.6) is 11.5 Å². The van der Waals surface area contributed by atoms with E-state index in [1.54, 1.807) is 23.1 Å². The summed E-state index contributed by atoms with van der Waals surface area (Å²) in [5.74, 6) is -0.576. The fourth-order valence-corrected chi connectivity index (χ4v) is 4.21. The van der Waals surface area contributed by atoms with Gasteiger partial charge in [0.2, 0.25) is 0 Å². The van der Waals surface area contributed by atoms with Crippen LogP contribution >= 0.6 is 11.8 Å². The van der Waals surface area contributed by atoms with Crippen LogP contribution in [0.3, 0.4) is 0 Å². The standard InChI is InChI=1S/C28H24N4O6S/c1-36-23-15-19(17-29-31-28-30-27(35)24(39-28)16-26(34)37-2)13-14-22(23)38-18-25(33)32(20-9-5-3-6-10-20)21-11-7-4-8-12-21/h3-17H,18H2,1-2H3,(H,30,31,35)/b24-16+,29-17?. The van der Waals surface area contributed by atoms with Crippen LogP contribution in [0.25, 0.3) is 0 Å². The summed E-state index contributed by atoms with van der Waals surface area (Å²) in [6.07, 6.45) is 2.55. The van der Waals surface area contributed by atoms with E-state index < -0.39 is 11.9 Å². The molecule has 1 N–H and O–H groups in total. The molecule has 3 aromatic carbocycles. The SMILES string of the molecule is COC(=O)/C=C1/S/C(=N\N=Cc2ccc(OCC(=O)N(c3ccccc3)c3ccccc3)c(OC)c2)NC1=O. The Labute approximate surface area is 229 Å². The molecule has 1 fully saturated rings. The van der Waals surface area contributed by atoms with Crippen molar-refractivity contribution in [3.05, 3.63) is 95.4 Å². The molecular weight excluding hydrogens is 520 g/mol. The maximum Gasteiger partial charge on any atom is 0.331 e. The topological polar surface area (TPSA) is 119 Å². The summed E-state index contributed by atoms with van der Waals surface area (Å²) < 4.78 is 15.8. The summed E-state index contributed by atoms with van der Waals surface area (Å²) in [5, 5.41) is 10.7. The molecule has 0 radical (unpaired) electrons. The molecule has 1 aliphatic heterocycles. The molecule has 39 heavy (non-hydrogen) atoms. The number of nitrogens with one attached hydrogen (secondary N) is 1. The number of ether oxygens (including phenoxy) is 3. The van der Waals surface area contributed by atoms with Gasteiger partial charge >= 0.3 is 5.97 Å². The van der Waals surface area contributed by atoms with E-state index in [4.69, 9.17) is 9.47 Å². The largest absolute Gasteiger partial charge is 0.493 e. The number of amides is 2. The van der Waals surface area contributed by atoms with Gasteiger partial charge in [0.15, 0.2) is 23.3 Å². The van der Waals surface area contributed by atoms with E-state index in [9.17, 15) is 14.4 Å². The Kier molecular flexibility index (Phi) is 9.09. The van der Waals surface area contributed by atoms with Gasteiger partial charge in [-0.2, -0.15) is 5.10 Å². The lowest BCUT2D eigenvalue weighted by Gasteiger charge is -2.23. The van der Waals surface area contributed by atoms with Crippen LogP contribution in [0, 0.1) is 0 Å². The van der Waals surface area contributed by atoms with E-state index >= 15 is 0 Å². The average Bonchev–Trinajstić information content (AvgIpc) is 3.31. The van der Waals surface area contributed by atoms with Crippen LogP contribution in [0.1, 0.15) is 5.56 Å². The number of benzene rings is 3. The first-order valence-corrected chi connectivity index (χ1v) is 12.4. The van der Waals surface area contributed by atoms with E-state index in [0.717, 1.165) is 29.2 Å². The lowest BCUT2D eigenvalue weighted by Crippen LogP contribution is -2.30. The number of carbonyl (C=O) groups is 3. The molecule has 0 saturated carbocycles. The predicted molar refractivity (Wildman–Crippen MR) is 149 cm³/mol. The molecule has 3 aromatic rings. The van der Waals surface area contributed by atoms with E-state index in [1.165, 1.54) is 20.4 Å². The number of hydrogen-bond donors (Lipinski definition) is 1. The maximum absolute atomic E-state index is 13.2. The van der Waals surface area contributed by atoms with Gasteiger partial charge in [-0.3, -0.25) is 19.8 Å². The second-order valence-corrected chi connectivity index (χ2v) is 8.87. The lowest BCUT2D eigenvalue weighted by molar-refractivity contribution is -0.135. The quantitative estimate of drug-likeness (QED) is 0.187. The van der Waals surface area contributed by atoms with Gasteiger partial charge in [-0.25, -0.2) is 4.79 Å². The Hall–Kier alpha value is -4.90. The second kappa shape index (κ2) is 13.1. The van der Waals surface area contributed by atoms with Gasteiger partial charge in [0, 0.05) is 17.5 Å². The zero-order valence-corrected chi connectivity index (χ0v) is 21.9. The molecule has 0 bridgehead atoms. The Bertz CT molecular complexity index is 1400. The van der Waals surface area contributed by atoms with Crippen LogP contribution in [-0.4, -0.2) is 50.0 Å². The van der Waals surface area contributed by atoms with Crippen LogP contribution in [0.15, 0.2) is 100 Å². The molecule has 2 amide bonds. The summed E-state index contributed by atoms with van der Waals surface area (Å²) >= 11 is 0.971. The molecule has 0 unspecified atom stereocenters. The zero-order valence-electron chi connectivity index (χ0n) is 21.1. The fourth-order valence-electron chi connectivity index (χ4n) is 3.47. The van der Waals surface area contributed by atoms with Gasteiger partial charge in [0.1, 0.15) is 0 Å². The lowest BCUT2D eigenvalue weighted by atomic mass is 10.2. The summed E-state index contributed by atoms with van der Waals surface area (Å²) in [4.78, 5) is 38.2. The van der Waals surface area contributed by atoms with Gasteiger partial charge in [0.25, 0.3) is 11.8 Å². The van der Waals surface area contributed by atoms with Gasteiger partial charge in [-0.15, -0.1) is 5.10 Å². The van der Waals surface area contributed by atoms with Crippen LogP contribution in [0.4, 0.5) is 11.4 Å². The molecule has 1 heterocycles. The number of methoxy groups -OCH3 is 2. The van der Waals surface area contributed by atoms with Crippen molar-refractivity contribution in [3.8, 4) is 11.5 Å². The van der Waals surface area contributed by atoms with Gasteiger partial charge in [0.05, 0.1) is 25.3 Å². The molecule has 10 nitrogen and oxygen atoms in total. The minimum absolute atomic E-state index is 0.159. The van der Waals surface area contributed by atoms with E-state index in [2.05, 4.69) is 20.3 Å². The number of rotatable bonds is 9. The molecule has 0 atom stereocenters. The van der Waals surface area contributed by atoms with Crippen molar-refractivity contribution < 1.29 is 28.6 Å².